The third-order valence-electron chi connectivity index (χ3n) is 3.20. The molecule has 6 nitrogen and oxygen atoms in total. The van der Waals surface area contributed by atoms with Crippen LogP contribution in [-0.4, -0.2) is 40.5 Å². The van der Waals surface area contributed by atoms with Crippen molar-refractivity contribution in [1.82, 2.24) is 9.97 Å². The molecule has 1 aromatic heterocycles. The van der Waals surface area contributed by atoms with E-state index in [2.05, 4.69) is 26.8 Å². The minimum absolute atomic E-state index is 0.00150. The first-order valence-electron chi connectivity index (χ1n) is 7.29. The van der Waals surface area contributed by atoms with E-state index in [1.165, 1.54) is 24.0 Å². The molecule has 0 amide bonds. The molecule has 0 atom stereocenters. The van der Waals surface area contributed by atoms with Gasteiger partial charge >= 0.3 is 152 Å². The number of ether oxygens (including phenoxy) is 1. The molecule has 0 unspecified atom stereocenters. The van der Waals surface area contributed by atoms with Crippen molar-refractivity contribution in [1.29, 1.82) is 0 Å². The maximum absolute atomic E-state index is 12.4. The Hall–Kier alpha value is -2.41. The van der Waals surface area contributed by atoms with Gasteiger partial charge in [0.25, 0.3) is 0 Å². The second kappa shape index (κ2) is 7.65. The standard InChI is InChI=1S/C17H15N3O3SSe/c1-23-13-11-18-17(19-12-13)20-24(21,22)14-7-9-16(10-8-14)25-15-5-3-2-4-6-15/h2-12H,1H3,(H,18,19,20). The zero-order valence-corrected chi connectivity index (χ0v) is 15.8. The summed E-state index contributed by atoms with van der Waals surface area (Å²) in [6.07, 6.45) is 2.80. The van der Waals surface area contributed by atoms with Crippen molar-refractivity contribution in [3.05, 3.63) is 67.0 Å². The van der Waals surface area contributed by atoms with Crippen LogP contribution in [0.2, 0.25) is 0 Å². The van der Waals surface area contributed by atoms with Crippen molar-refractivity contribution in [2.75, 3.05) is 11.8 Å². The van der Waals surface area contributed by atoms with E-state index < -0.39 is 10.0 Å². The number of benzene rings is 2. The number of aromatic nitrogens is 2. The van der Waals surface area contributed by atoms with Gasteiger partial charge in [-0.3, -0.25) is 0 Å². The second-order valence-corrected chi connectivity index (χ2v) is 9.03. The van der Waals surface area contributed by atoms with Gasteiger partial charge in [-0.2, -0.15) is 0 Å². The van der Waals surface area contributed by atoms with Crippen LogP contribution < -0.4 is 18.4 Å². The normalized spacial score (nSPS) is 11.1. The molecule has 0 saturated heterocycles. The predicted molar refractivity (Wildman–Crippen MR) is 97.3 cm³/mol. The van der Waals surface area contributed by atoms with Gasteiger partial charge in [-0.25, -0.2) is 0 Å². The number of nitrogens with one attached hydrogen (secondary N) is 1. The summed E-state index contributed by atoms with van der Waals surface area (Å²) < 4.78 is 34.4. The van der Waals surface area contributed by atoms with Gasteiger partial charge < -0.3 is 0 Å². The van der Waals surface area contributed by atoms with Crippen molar-refractivity contribution >= 4 is 39.9 Å². The zero-order chi connectivity index (χ0) is 17.7. The molecule has 0 aliphatic heterocycles. The van der Waals surface area contributed by atoms with Gasteiger partial charge in [-0.1, -0.05) is 0 Å². The molecule has 1 N–H and O–H groups in total. The van der Waals surface area contributed by atoms with Crippen LogP contribution in [0.4, 0.5) is 5.95 Å². The molecule has 0 spiro atoms. The maximum atomic E-state index is 12.4. The molecule has 0 bridgehead atoms. The molecule has 0 saturated carbocycles. The average Bonchev–Trinajstić information content (AvgIpc) is 2.63. The SMILES string of the molecule is COc1cnc(NS(=O)(=O)c2ccc([Se]c3ccccc3)cc2)nc1. The van der Waals surface area contributed by atoms with Crippen LogP contribution in [-0.2, 0) is 10.0 Å². The Kier molecular flexibility index (Phi) is 5.33. The summed E-state index contributed by atoms with van der Waals surface area (Å²) in [5.74, 6) is 0.453. The number of rotatable bonds is 6. The molecular weight excluding hydrogens is 405 g/mol. The Morgan fingerprint density at radius 3 is 2.12 bits per heavy atom. The van der Waals surface area contributed by atoms with Crippen LogP contribution in [0.5, 0.6) is 5.75 Å². The quantitative estimate of drug-likeness (QED) is 0.601. The predicted octanol–water partition coefficient (Wildman–Crippen LogP) is 0.941. The Bertz CT molecular complexity index is 931. The van der Waals surface area contributed by atoms with Gasteiger partial charge in [-0.05, 0) is 0 Å². The molecule has 25 heavy (non-hydrogen) atoms. The molecular formula is C17H15N3O3SSe. The molecule has 3 rings (SSSR count). The Morgan fingerprint density at radius 1 is 0.920 bits per heavy atom. The van der Waals surface area contributed by atoms with E-state index in [0.717, 1.165) is 4.46 Å². The summed E-state index contributed by atoms with van der Waals surface area (Å²) in [6, 6.07) is 16.9. The van der Waals surface area contributed by atoms with Crippen LogP contribution in [0.3, 0.4) is 0 Å². The Balaban J connectivity index is 1.73. The van der Waals surface area contributed by atoms with E-state index in [4.69, 9.17) is 4.74 Å². The van der Waals surface area contributed by atoms with Crippen LogP contribution in [0.1, 0.15) is 0 Å². The third-order valence-corrected chi connectivity index (χ3v) is 6.68. The fraction of sp³-hybridized carbons (Fsp3) is 0.0588. The van der Waals surface area contributed by atoms with Crippen LogP contribution in [0, 0.1) is 0 Å². The van der Waals surface area contributed by atoms with Gasteiger partial charge in [0.05, 0.1) is 0 Å². The fourth-order valence-corrected chi connectivity index (χ4v) is 4.68. The summed E-state index contributed by atoms with van der Waals surface area (Å²) in [5, 5.41) is 0. The zero-order valence-electron chi connectivity index (χ0n) is 13.3. The topological polar surface area (TPSA) is 81.2 Å². The Morgan fingerprint density at radius 2 is 1.52 bits per heavy atom. The first-order chi connectivity index (χ1) is 12.1. The van der Waals surface area contributed by atoms with Gasteiger partial charge in [-0.15, -0.1) is 0 Å². The van der Waals surface area contributed by atoms with Crippen LogP contribution >= 0.6 is 0 Å². The second-order valence-electron chi connectivity index (χ2n) is 4.94. The molecule has 8 heteroatoms. The number of hydrogen-bond donors (Lipinski definition) is 1. The van der Waals surface area contributed by atoms with E-state index in [1.807, 2.05) is 30.3 Å². The number of methoxy groups -OCH3 is 1. The first kappa shape index (κ1) is 17.4. The molecule has 2 aromatic carbocycles. The van der Waals surface area contributed by atoms with Gasteiger partial charge in [0.15, 0.2) is 0 Å². The number of anilines is 1. The summed E-state index contributed by atoms with van der Waals surface area (Å²) in [7, 11) is -2.24. The van der Waals surface area contributed by atoms with E-state index in [-0.39, 0.29) is 25.8 Å². The van der Waals surface area contributed by atoms with E-state index >= 15 is 0 Å². The van der Waals surface area contributed by atoms with Crippen molar-refractivity contribution in [3.8, 4) is 5.75 Å². The van der Waals surface area contributed by atoms with Gasteiger partial charge in [0.2, 0.25) is 0 Å². The molecule has 0 aliphatic rings. The van der Waals surface area contributed by atoms with Gasteiger partial charge in [0.1, 0.15) is 0 Å². The first-order valence-corrected chi connectivity index (χ1v) is 10.5. The third kappa shape index (κ3) is 4.57. The summed E-state index contributed by atoms with van der Waals surface area (Å²) in [5.41, 5.74) is 0. The summed E-state index contributed by atoms with van der Waals surface area (Å²) in [6.45, 7) is 0. The molecule has 0 fully saturated rings. The van der Waals surface area contributed by atoms with Crippen LogP contribution in [0.15, 0.2) is 71.9 Å². The summed E-state index contributed by atoms with van der Waals surface area (Å²) in [4.78, 5) is 7.99. The molecule has 0 aliphatic carbocycles. The molecule has 128 valence electrons. The van der Waals surface area contributed by atoms with Crippen molar-refractivity contribution in [3.63, 3.8) is 0 Å². The van der Waals surface area contributed by atoms with Crippen molar-refractivity contribution < 1.29 is 13.2 Å². The fourth-order valence-electron chi connectivity index (χ4n) is 1.96. The van der Waals surface area contributed by atoms with E-state index in [0.29, 0.717) is 5.75 Å². The minimum atomic E-state index is -3.73. The van der Waals surface area contributed by atoms with Gasteiger partial charge in [0, 0.05) is 0 Å². The van der Waals surface area contributed by atoms with E-state index in [9.17, 15) is 8.42 Å². The number of sulfonamides is 1. The monoisotopic (exact) mass is 421 g/mol. The molecule has 1 heterocycles. The Labute approximate surface area is 152 Å². The van der Waals surface area contributed by atoms with Crippen LogP contribution in [0.25, 0.3) is 0 Å². The summed E-state index contributed by atoms with van der Waals surface area (Å²) >= 11 is 0.135. The number of nitrogens with zero attached hydrogens (tertiary/aromatic N) is 2. The van der Waals surface area contributed by atoms with E-state index in [1.54, 1.807) is 12.1 Å². The molecule has 3 aromatic rings. The molecule has 0 radical (unpaired) electrons. The van der Waals surface area contributed by atoms with Crippen molar-refractivity contribution in [2.24, 2.45) is 0 Å². The number of hydrogen-bond acceptors (Lipinski definition) is 5. The van der Waals surface area contributed by atoms with Crippen molar-refractivity contribution in [2.45, 2.75) is 4.90 Å². The average molecular weight is 420 g/mol.